The Morgan fingerprint density at radius 2 is 1.97 bits per heavy atom. The van der Waals surface area contributed by atoms with Gasteiger partial charge in [-0.15, -0.1) is 0 Å². The maximum atomic E-state index is 12.1. The number of para-hydroxylation sites is 1. The Morgan fingerprint density at radius 1 is 1.17 bits per heavy atom. The van der Waals surface area contributed by atoms with E-state index in [1.165, 1.54) is 6.08 Å². The number of carbonyl (C=O) groups excluding carboxylic acids is 1. The highest BCUT2D eigenvalue weighted by Gasteiger charge is 2.06. The molecule has 6 heteroatoms. The standard InChI is InChI=1S/C23H25N3O3/c1-17-13-20(25-26(17)2)15-24-23(27)12-10-18-9-11-22(28-3)19(14-18)16-29-21-7-5-4-6-8-21/h4-14H,15-16H2,1-3H3,(H,24,27)/b12-10+. The smallest absolute Gasteiger partial charge is 0.244 e. The Balaban J connectivity index is 1.61. The van der Waals surface area contributed by atoms with E-state index >= 15 is 0 Å². The molecule has 2 aromatic carbocycles. The van der Waals surface area contributed by atoms with E-state index in [1.54, 1.807) is 17.9 Å². The molecular formula is C23H25N3O3. The van der Waals surface area contributed by atoms with Gasteiger partial charge >= 0.3 is 0 Å². The first kappa shape index (κ1) is 20.2. The number of nitrogens with zero attached hydrogens (tertiary/aromatic N) is 2. The van der Waals surface area contributed by atoms with Crippen molar-refractivity contribution in [3.63, 3.8) is 0 Å². The fourth-order valence-electron chi connectivity index (χ4n) is 2.82. The molecule has 0 radical (unpaired) electrons. The molecule has 1 aromatic heterocycles. The van der Waals surface area contributed by atoms with Crippen LogP contribution >= 0.6 is 0 Å². The summed E-state index contributed by atoms with van der Waals surface area (Å²) in [5.74, 6) is 1.36. The van der Waals surface area contributed by atoms with Crippen LogP contribution in [0.5, 0.6) is 11.5 Å². The molecule has 0 aliphatic carbocycles. The van der Waals surface area contributed by atoms with Crippen molar-refractivity contribution in [2.24, 2.45) is 7.05 Å². The summed E-state index contributed by atoms with van der Waals surface area (Å²) >= 11 is 0. The second-order valence-electron chi connectivity index (χ2n) is 6.62. The van der Waals surface area contributed by atoms with Gasteiger partial charge in [0.1, 0.15) is 18.1 Å². The molecule has 1 heterocycles. The van der Waals surface area contributed by atoms with E-state index in [-0.39, 0.29) is 5.91 Å². The van der Waals surface area contributed by atoms with Crippen LogP contribution in [0.1, 0.15) is 22.5 Å². The number of rotatable bonds is 8. The van der Waals surface area contributed by atoms with Crippen LogP contribution in [-0.2, 0) is 25.0 Å². The summed E-state index contributed by atoms with van der Waals surface area (Å²) in [6.45, 7) is 2.74. The van der Waals surface area contributed by atoms with E-state index in [4.69, 9.17) is 9.47 Å². The first-order chi connectivity index (χ1) is 14.0. The quantitative estimate of drug-likeness (QED) is 0.596. The summed E-state index contributed by atoms with van der Waals surface area (Å²) in [6, 6.07) is 17.3. The monoisotopic (exact) mass is 391 g/mol. The maximum Gasteiger partial charge on any atom is 0.244 e. The van der Waals surface area contributed by atoms with Gasteiger partial charge in [-0.3, -0.25) is 9.48 Å². The summed E-state index contributed by atoms with van der Waals surface area (Å²) < 4.78 is 13.0. The number of nitrogens with one attached hydrogen (secondary N) is 1. The fraction of sp³-hybridized carbons (Fsp3) is 0.217. The van der Waals surface area contributed by atoms with Crippen LogP contribution in [0.25, 0.3) is 6.08 Å². The molecule has 0 bridgehead atoms. The van der Waals surface area contributed by atoms with Gasteiger partial charge in [-0.25, -0.2) is 0 Å². The summed E-state index contributed by atoms with van der Waals surface area (Å²) in [7, 11) is 3.51. The Morgan fingerprint density at radius 3 is 2.66 bits per heavy atom. The molecule has 1 N–H and O–H groups in total. The van der Waals surface area contributed by atoms with Crippen LogP contribution in [0, 0.1) is 6.92 Å². The lowest BCUT2D eigenvalue weighted by Crippen LogP contribution is -2.20. The van der Waals surface area contributed by atoms with Crippen molar-refractivity contribution in [2.75, 3.05) is 7.11 Å². The minimum Gasteiger partial charge on any atom is -0.496 e. The molecule has 3 rings (SSSR count). The summed E-state index contributed by atoms with van der Waals surface area (Å²) in [5, 5.41) is 7.17. The van der Waals surface area contributed by atoms with E-state index in [1.807, 2.05) is 68.6 Å². The van der Waals surface area contributed by atoms with Crippen LogP contribution in [-0.4, -0.2) is 22.8 Å². The van der Waals surface area contributed by atoms with Crippen molar-refractivity contribution in [1.29, 1.82) is 0 Å². The minimum absolute atomic E-state index is 0.175. The van der Waals surface area contributed by atoms with E-state index in [0.29, 0.717) is 13.2 Å². The zero-order valence-electron chi connectivity index (χ0n) is 16.9. The third kappa shape index (κ3) is 5.72. The number of aromatic nitrogens is 2. The van der Waals surface area contributed by atoms with Crippen molar-refractivity contribution in [1.82, 2.24) is 15.1 Å². The fourth-order valence-corrected chi connectivity index (χ4v) is 2.82. The predicted molar refractivity (Wildman–Crippen MR) is 113 cm³/mol. The van der Waals surface area contributed by atoms with Crippen LogP contribution in [0.3, 0.4) is 0 Å². The number of hydrogen-bond donors (Lipinski definition) is 1. The predicted octanol–water partition coefficient (Wildman–Crippen LogP) is 3.65. The number of ether oxygens (including phenoxy) is 2. The number of aryl methyl sites for hydroxylation is 2. The average molecular weight is 391 g/mol. The molecule has 0 spiro atoms. The van der Waals surface area contributed by atoms with Crippen molar-refractivity contribution in [2.45, 2.75) is 20.1 Å². The second kappa shape index (κ2) is 9.59. The van der Waals surface area contributed by atoms with E-state index in [0.717, 1.165) is 34.0 Å². The lowest BCUT2D eigenvalue weighted by Gasteiger charge is -2.11. The van der Waals surface area contributed by atoms with Gasteiger partial charge in [0, 0.05) is 24.4 Å². The molecule has 29 heavy (non-hydrogen) atoms. The second-order valence-corrected chi connectivity index (χ2v) is 6.62. The number of benzene rings is 2. The Bertz CT molecular complexity index is 974. The number of amides is 1. The van der Waals surface area contributed by atoms with Gasteiger partial charge in [-0.1, -0.05) is 24.3 Å². The largest absolute Gasteiger partial charge is 0.496 e. The van der Waals surface area contributed by atoms with Gasteiger partial charge in [0.25, 0.3) is 0 Å². The lowest BCUT2D eigenvalue weighted by atomic mass is 10.1. The van der Waals surface area contributed by atoms with Crippen molar-refractivity contribution in [3.05, 3.63) is 83.2 Å². The van der Waals surface area contributed by atoms with Gasteiger partial charge in [-0.2, -0.15) is 5.10 Å². The molecule has 1 amide bonds. The van der Waals surface area contributed by atoms with Gasteiger partial charge in [-0.05, 0) is 48.9 Å². The van der Waals surface area contributed by atoms with Gasteiger partial charge in [0.2, 0.25) is 5.91 Å². The highest BCUT2D eigenvalue weighted by Crippen LogP contribution is 2.22. The molecule has 3 aromatic rings. The Labute approximate surface area is 170 Å². The van der Waals surface area contributed by atoms with Gasteiger partial charge in [0.15, 0.2) is 0 Å². The summed E-state index contributed by atoms with van der Waals surface area (Å²) in [5.41, 5.74) is 3.67. The first-order valence-corrected chi connectivity index (χ1v) is 9.35. The molecule has 0 fully saturated rings. The molecule has 6 nitrogen and oxygen atoms in total. The number of carbonyl (C=O) groups is 1. The zero-order valence-corrected chi connectivity index (χ0v) is 16.9. The molecule has 0 saturated heterocycles. The van der Waals surface area contributed by atoms with E-state index in [2.05, 4.69) is 10.4 Å². The maximum absolute atomic E-state index is 12.1. The minimum atomic E-state index is -0.175. The average Bonchev–Trinajstić information content (AvgIpc) is 3.07. The normalized spacial score (nSPS) is 10.9. The molecule has 0 saturated carbocycles. The molecule has 150 valence electrons. The lowest BCUT2D eigenvalue weighted by molar-refractivity contribution is -0.116. The van der Waals surface area contributed by atoms with Crippen LogP contribution in [0.4, 0.5) is 0 Å². The van der Waals surface area contributed by atoms with Gasteiger partial charge in [0.05, 0.1) is 19.3 Å². The molecule has 0 atom stereocenters. The summed E-state index contributed by atoms with van der Waals surface area (Å²) in [6.07, 6.45) is 3.28. The van der Waals surface area contributed by atoms with Crippen LogP contribution in [0.2, 0.25) is 0 Å². The first-order valence-electron chi connectivity index (χ1n) is 9.35. The Kier molecular flexibility index (Phi) is 6.68. The SMILES string of the molecule is COc1ccc(/C=C/C(=O)NCc2cc(C)n(C)n2)cc1COc1ccccc1. The number of hydrogen-bond acceptors (Lipinski definition) is 4. The Hall–Kier alpha value is -3.54. The van der Waals surface area contributed by atoms with Crippen LogP contribution < -0.4 is 14.8 Å². The van der Waals surface area contributed by atoms with E-state index in [9.17, 15) is 4.79 Å². The van der Waals surface area contributed by atoms with Crippen molar-refractivity contribution in [3.8, 4) is 11.5 Å². The number of methoxy groups -OCH3 is 1. The molecule has 0 aliphatic heterocycles. The van der Waals surface area contributed by atoms with Crippen molar-refractivity contribution < 1.29 is 14.3 Å². The summed E-state index contributed by atoms with van der Waals surface area (Å²) in [4.78, 5) is 12.1. The highest BCUT2D eigenvalue weighted by molar-refractivity contribution is 5.91. The molecule has 0 aliphatic rings. The van der Waals surface area contributed by atoms with E-state index < -0.39 is 0 Å². The highest BCUT2D eigenvalue weighted by atomic mass is 16.5. The third-order valence-corrected chi connectivity index (χ3v) is 4.48. The van der Waals surface area contributed by atoms with Gasteiger partial charge < -0.3 is 14.8 Å². The third-order valence-electron chi connectivity index (χ3n) is 4.48. The zero-order chi connectivity index (χ0) is 20.6. The molecular weight excluding hydrogens is 366 g/mol. The van der Waals surface area contributed by atoms with Crippen molar-refractivity contribution >= 4 is 12.0 Å². The topological polar surface area (TPSA) is 65.4 Å². The molecule has 0 unspecified atom stereocenters. The van der Waals surface area contributed by atoms with Crippen LogP contribution in [0.15, 0.2) is 60.7 Å².